The molecule has 0 fully saturated rings. The predicted molar refractivity (Wildman–Crippen MR) is 83.9 cm³/mol. The maximum atomic E-state index is 6.15. The highest BCUT2D eigenvalue weighted by atomic mass is 35.5. The Bertz CT molecular complexity index is 778. The zero-order valence-electron chi connectivity index (χ0n) is 12.6. The van der Waals surface area contributed by atoms with Gasteiger partial charge in [-0.15, -0.1) is 0 Å². The van der Waals surface area contributed by atoms with Crippen molar-refractivity contribution in [1.82, 2.24) is 19.9 Å². The Balaban J connectivity index is 1.64. The summed E-state index contributed by atoms with van der Waals surface area (Å²) in [6.45, 7) is 2.05. The Labute approximate surface area is 133 Å². The summed E-state index contributed by atoms with van der Waals surface area (Å²) in [6, 6.07) is 7.69. The lowest BCUT2D eigenvalue weighted by Gasteiger charge is -1.99. The fraction of sp³-hybridized carbons (Fsp3) is 0.312. The number of aryl methyl sites for hydroxylation is 3. The molecule has 0 saturated carbocycles. The van der Waals surface area contributed by atoms with Crippen LogP contribution in [0.5, 0.6) is 0 Å². The van der Waals surface area contributed by atoms with Gasteiger partial charge in [0.1, 0.15) is 0 Å². The summed E-state index contributed by atoms with van der Waals surface area (Å²) in [5, 5.41) is 8.98. The first-order chi connectivity index (χ1) is 10.6. The quantitative estimate of drug-likeness (QED) is 0.725. The molecule has 0 amide bonds. The first kappa shape index (κ1) is 14.8. The van der Waals surface area contributed by atoms with E-state index in [1.54, 1.807) is 0 Å². The molecule has 0 unspecified atom stereocenters. The molecule has 0 bridgehead atoms. The Hall–Kier alpha value is -2.14. The molecule has 0 atom stereocenters. The Morgan fingerprint density at radius 3 is 2.73 bits per heavy atom. The molecule has 0 saturated heterocycles. The Kier molecular flexibility index (Phi) is 4.24. The maximum Gasteiger partial charge on any atom is 0.226 e. The summed E-state index contributed by atoms with van der Waals surface area (Å²) in [6.07, 6.45) is 4.01. The van der Waals surface area contributed by atoms with Crippen LogP contribution in [0.3, 0.4) is 0 Å². The molecule has 0 N–H and O–H groups in total. The van der Waals surface area contributed by atoms with Crippen LogP contribution >= 0.6 is 11.6 Å². The Morgan fingerprint density at radius 2 is 2.00 bits per heavy atom. The first-order valence-corrected chi connectivity index (χ1v) is 7.53. The van der Waals surface area contributed by atoms with E-state index in [1.807, 2.05) is 42.2 Å². The summed E-state index contributed by atoms with van der Waals surface area (Å²) < 4.78 is 7.18. The third-order valence-electron chi connectivity index (χ3n) is 3.76. The summed E-state index contributed by atoms with van der Waals surface area (Å²) in [7, 11) is 1.94. The third kappa shape index (κ3) is 3.20. The molecule has 6 heteroatoms. The molecule has 0 aliphatic heterocycles. The largest absolute Gasteiger partial charge is 0.339 e. The van der Waals surface area contributed by atoms with Gasteiger partial charge in [0.2, 0.25) is 5.89 Å². The van der Waals surface area contributed by atoms with Gasteiger partial charge >= 0.3 is 0 Å². The van der Waals surface area contributed by atoms with Crippen LogP contribution in [-0.4, -0.2) is 19.9 Å². The lowest BCUT2D eigenvalue weighted by molar-refractivity contribution is 0.373. The van der Waals surface area contributed by atoms with Crippen LogP contribution in [0.25, 0.3) is 0 Å². The minimum Gasteiger partial charge on any atom is -0.339 e. The lowest BCUT2D eigenvalue weighted by Crippen LogP contribution is -1.97. The molecule has 1 aromatic carbocycles. The van der Waals surface area contributed by atoms with Crippen molar-refractivity contribution >= 4 is 11.6 Å². The topological polar surface area (TPSA) is 56.7 Å². The molecular formula is C16H17ClN4O. The van der Waals surface area contributed by atoms with E-state index in [0.717, 1.165) is 22.7 Å². The number of benzene rings is 1. The van der Waals surface area contributed by atoms with E-state index in [9.17, 15) is 0 Å². The van der Waals surface area contributed by atoms with Crippen molar-refractivity contribution < 1.29 is 4.52 Å². The van der Waals surface area contributed by atoms with Crippen LogP contribution in [-0.2, 0) is 26.3 Å². The van der Waals surface area contributed by atoms with E-state index in [2.05, 4.69) is 22.2 Å². The highest BCUT2D eigenvalue weighted by Crippen LogP contribution is 2.18. The van der Waals surface area contributed by atoms with Crippen molar-refractivity contribution in [3.63, 3.8) is 0 Å². The molecule has 5 nitrogen and oxygen atoms in total. The molecule has 22 heavy (non-hydrogen) atoms. The van der Waals surface area contributed by atoms with Crippen LogP contribution in [0, 0.1) is 6.92 Å². The SMILES string of the molecule is Cc1c(CCc2nc(Cc3ccccc3Cl)no2)cnn1C. The molecule has 3 rings (SSSR count). The summed E-state index contributed by atoms with van der Waals surface area (Å²) in [5.74, 6) is 1.30. The average Bonchev–Trinajstić information content (AvgIpc) is 3.08. The van der Waals surface area contributed by atoms with Gasteiger partial charge in [0.15, 0.2) is 5.82 Å². The molecular weight excluding hydrogens is 300 g/mol. The van der Waals surface area contributed by atoms with Gasteiger partial charge in [0, 0.05) is 30.6 Å². The Morgan fingerprint density at radius 1 is 1.18 bits per heavy atom. The zero-order valence-corrected chi connectivity index (χ0v) is 13.3. The van der Waals surface area contributed by atoms with E-state index in [-0.39, 0.29) is 0 Å². The molecule has 3 aromatic rings. The van der Waals surface area contributed by atoms with Crippen LogP contribution in [0.4, 0.5) is 0 Å². The van der Waals surface area contributed by atoms with Crippen LogP contribution in [0.2, 0.25) is 5.02 Å². The second-order valence-electron chi connectivity index (χ2n) is 5.25. The molecule has 0 aliphatic rings. The lowest BCUT2D eigenvalue weighted by atomic mass is 10.1. The number of hydrogen-bond acceptors (Lipinski definition) is 4. The predicted octanol–water partition coefficient (Wildman–Crippen LogP) is 3.14. The second-order valence-corrected chi connectivity index (χ2v) is 5.66. The van der Waals surface area contributed by atoms with Crippen molar-refractivity contribution in [2.24, 2.45) is 7.05 Å². The summed E-state index contributed by atoms with van der Waals surface area (Å²) in [4.78, 5) is 4.43. The number of rotatable bonds is 5. The van der Waals surface area contributed by atoms with Crippen molar-refractivity contribution in [1.29, 1.82) is 0 Å². The molecule has 2 heterocycles. The van der Waals surface area contributed by atoms with Gasteiger partial charge in [-0.1, -0.05) is 35.0 Å². The van der Waals surface area contributed by atoms with E-state index in [4.69, 9.17) is 16.1 Å². The van der Waals surface area contributed by atoms with Crippen molar-refractivity contribution in [3.05, 3.63) is 64.0 Å². The summed E-state index contributed by atoms with van der Waals surface area (Å²) in [5.41, 5.74) is 3.36. The van der Waals surface area contributed by atoms with E-state index >= 15 is 0 Å². The van der Waals surface area contributed by atoms with E-state index in [0.29, 0.717) is 24.6 Å². The normalized spacial score (nSPS) is 11.0. The van der Waals surface area contributed by atoms with Gasteiger partial charge in [-0.25, -0.2) is 0 Å². The number of aromatic nitrogens is 4. The molecule has 114 valence electrons. The van der Waals surface area contributed by atoms with Gasteiger partial charge in [0.05, 0.1) is 6.20 Å². The molecule has 2 aromatic heterocycles. The number of hydrogen-bond donors (Lipinski definition) is 0. The first-order valence-electron chi connectivity index (χ1n) is 7.16. The number of halogens is 1. The minimum atomic E-state index is 0.578. The number of nitrogens with zero attached hydrogens (tertiary/aromatic N) is 4. The summed E-state index contributed by atoms with van der Waals surface area (Å²) >= 11 is 6.15. The van der Waals surface area contributed by atoms with E-state index in [1.165, 1.54) is 5.56 Å². The minimum absolute atomic E-state index is 0.578. The van der Waals surface area contributed by atoms with Crippen molar-refractivity contribution in [3.8, 4) is 0 Å². The van der Waals surface area contributed by atoms with Crippen molar-refractivity contribution in [2.45, 2.75) is 26.2 Å². The van der Waals surface area contributed by atoms with E-state index < -0.39 is 0 Å². The van der Waals surface area contributed by atoms with Gasteiger partial charge in [-0.3, -0.25) is 4.68 Å². The second kappa shape index (κ2) is 6.32. The fourth-order valence-electron chi connectivity index (χ4n) is 2.31. The van der Waals surface area contributed by atoms with Gasteiger partial charge < -0.3 is 4.52 Å². The van der Waals surface area contributed by atoms with Crippen LogP contribution in [0.15, 0.2) is 35.0 Å². The highest BCUT2D eigenvalue weighted by molar-refractivity contribution is 6.31. The molecule has 0 spiro atoms. The molecule has 0 aliphatic carbocycles. The van der Waals surface area contributed by atoms with Gasteiger partial charge in [-0.2, -0.15) is 10.1 Å². The highest BCUT2D eigenvalue weighted by Gasteiger charge is 2.11. The van der Waals surface area contributed by atoms with Gasteiger partial charge in [-0.05, 0) is 30.5 Å². The maximum absolute atomic E-state index is 6.15. The zero-order chi connectivity index (χ0) is 15.5. The van der Waals surface area contributed by atoms with Gasteiger partial charge in [0.25, 0.3) is 0 Å². The monoisotopic (exact) mass is 316 g/mol. The smallest absolute Gasteiger partial charge is 0.226 e. The third-order valence-corrected chi connectivity index (χ3v) is 4.13. The van der Waals surface area contributed by atoms with Crippen LogP contribution in [0.1, 0.15) is 28.5 Å². The average molecular weight is 317 g/mol. The van der Waals surface area contributed by atoms with Crippen molar-refractivity contribution in [2.75, 3.05) is 0 Å². The molecule has 0 radical (unpaired) electrons. The standard InChI is InChI=1S/C16H17ClN4O/c1-11-13(10-18-21(11)2)7-8-16-19-15(20-22-16)9-12-5-3-4-6-14(12)17/h3-6,10H,7-9H2,1-2H3. The van der Waals surface area contributed by atoms with Crippen LogP contribution < -0.4 is 0 Å². The fourth-order valence-corrected chi connectivity index (χ4v) is 2.51.